The fourth-order valence-corrected chi connectivity index (χ4v) is 1.80. The van der Waals surface area contributed by atoms with Crippen LogP contribution in [0.3, 0.4) is 0 Å². The van der Waals surface area contributed by atoms with Crippen molar-refractivity contribution in [2.24, 2.45) is 0 Å². The third-order valence-corrected chi connectivity index (χ3v) is 2.72. The van der Waals surface area contributed by atoms with Crippen LogP contribution in [0.25, 0.3) is 0 Å². The number of rotatable bonds is 5. The molecule has 94 valence electrons. The predicted octanol–water partition coefficient (Wildman–Crippen LogP) is 2.74. The number of anilines is 1. The molecule has 2 aromatic heterocycles. The summed E-state index contributed by atoms with van der Waals surface area (Å²) in [6.45, 7) is 2.81. The van der Waals surface area contributed by atoms with E-state index in [4.69, 9.17) is 11.6 Å². The largest absolute Gasteiger partial charge is 0.370 e. The Balaban J connectivity index is 1.92. The molecule has 0 radical (unpaired) electrons. The molecular weight excluding hydrogens is 248 g/mol. The van der Waals surface area contributed by atoms with Crippen molar-refractivity contribution in [2.45, 2.75) is 19.8 Å². The molecule has 0 unspecified atom stereocenters. The highest BCUT2D eigenvalue weighted by Crippen LogP contribution is 2.12. The molecule has 0 aliphatic heterocycles. The second-order valence-electron chi connectivity index (χ2n) is 3.88. The summed E-state index contributed by atoms with van der Waals surface area (Å²) in [4.78, 5) is 12.5. The lowest BCUT2D eigenvalue weighted by atomic mass is 10.2. The van der Waals surface area contributed by atoms with E-state index in [2.05, 4.69) is 20.3 Å². The van der Waals surface area contributed by atoms with Crippen molar-refractivity contribution < 1.29 is 0 Å². The molecular formula is C13H15ClN4. The SMILES string of the molecule is CCc1nc(Cl)cc(NCCc2ccncc2)n1. The summed E-state index contributed by atoms with van der Waals surface area (Å²) in [7, 11) is 0. The van der Waals surface area contributed by atoms with Gasteiger partial charge in [0.1, 0.15) is 16.8 Å². The molecule has 0 aromatic carbocycles. The van der Waals surface area contributed by atoms with Gasteiger partial charge in [0.05, 0.1) is 0 Å². The normalized spacial score (nSPS) is 10.3. The van der Waals surface area contributed by atoms with Gasteiger partial charge in [0, 0.05) is 31.4 Å². The van der Waals surface area contributed by atoms with E-state index in [0.29, 0.717) is 5.15 Å². The zero-order valence-corrected chi connectivity index (χ0v) is 11.0. The quantitative estimate of drug-likeness (QED) is 0.842. The zero-order valence-electron chi connectivity index (χ0n) is 10.2. The molecule has 0 amide bonds. The molecule has 4 nitrogen and oxygen atoms in total. The van der Waals surface area contributed by atoms with Crippen LogP contribution in [0.15, 0.2) is 30.6 Å². The molecule has 2 aromatic rings. The summed E-state index contributed by atoms with van der Waals surface area (Å²) < 4.78 is 0. The molecule has 18 heavy (non-hydrogen) atoms. The molecule has 0 atom stereocenters. The number of hydrogen-bond donors (Lipinski definition) is 1. The maximum atomic E-state index is 5.93. The second kappa shape index (κ2) is 6.31. The highest BCUT2D eigenvalue weighted by Gasteiger charge is 2.01. The van der Waals surface area contributed by atoms with Gasteiger partial charge in [-0.2, -0.15) is 0 Å². The van der Waals surface area contributed by atoms with E-state index >= 15 is 0 Å². The first-order valence-corrected chi connectivity index (χ1v) is 6.32. The van der Waals surface area contributed by atoms with Crippen LogP contribution in [-0.4, -0.2) is 21.5 Å². The van der Waals surface area contributed by atoms with Gasteiger partial charge in [-0.3, -0.25) is 4.98 Å². The molecule has 2 heterocycles. The van der Waals surface area contributed by atoms with Gasteiger partial charge >= 0.3 is 0 Å². The van der Waals surface area contributed by atoms with E-state index in [-0.39, 0.29) is 0 Å². The summed E-state index contributed by atoms with van der Waals surface area (Å²) in [6, 6.07) is 5.76. The number of hydrogen-bond acceptors (Lipinski definition) is 4. The first-order valence-electron chi connectivity index (χ1n) is 5.94. The van der Waals surface area contributed by atoms with Crippen molar-refractivity contribution >= 4 is 17.4 Å². The van der Waals surface area contributed by atoms with Crippen LogP contribution in [-0.2, 0) is 12.8 Å². The summed E-state index contributed by atoms with van der Waals surface area (Å²) in [5.41, 5.74) is 1.24. The molecule has 1 N–H and O–H groups in total. The lowest BCUT2D eigenvalue weighted by Gasteiger charge is -2.07. The van der Waals surface area contributed by atoms with E-state index in [9.17, 15) is 0 Å². The van der Waals surface area contributed by atoms with Gasteiger partial charge in [-0.1, -0.05) is 18.5 Å². The monoisotopic (exact) mass is 262 g/mol. The predicted molar refractivity (Wildman–Crippen MR) is 72.9 cm³/mol. The Hall–Kier alpha value is -1.68. The fourth-order valence-electron chi connectivity index (χ4n) is 1.60. The maximum absolute atomic E-state index is 5.93. The average Bonchev–Trinajstić information content (AvgIpc) is 2.39. The number of nitrogens with one attached hydrogen (secondary N) is 1. The van der Waals surface area contributed by atoms with E-state index < -0.39 is 0 Å². The van der Waals surface area contributed by atoms with Crippen molar-refractivity contribution in [1.29, 1.82) is 0 Å². The molecule has 0 aliphatic carbocycles. The van der Waals surface area contributed by atoms with Crippen LogP contribution in [0.2, 0.25) is 5.15 Å². The fraction of sp³-hybridized carbons (Fsp3) is 0.308. The van der Waals surface area contributed by atoms with Gasteiger partial charge in [-0.25, -0.2) is 9.97 Å². The second-order valence-corrected chi connectivity index (χ2v) is 4.27. The van der Waals surface area contributed by atoms with Crippen LogP contribution in [0.4, 0.5) is 5.82 Å². The Morgan fingerprint density at radius 3 is 2.72 bits per heavy atom. The van der Waals surface area contributed by atoms with Gasteiger partial charge in [0.2, 0.25) is 0 Å². The number of halogens is 1. The average molecular weight is 263 g/mol. The van der Waals surface area contributed by atoms with Crippen molar-refractivity contribution in [3.05, 3.63) is 47.1 Å². The molecule has 0 bridgehead atoms. The van der Waals surface area contributed by atoms with E-state index in [0.717, 1.165) is 31.0 Å². The topological polar surface area (TPSA) is 50.7 Å². The van der Waals surface area contributed by atoms with E-state index in [1.807, 2.05) is 19.1 Å². The van der Waals surface area contributed by atoms with Crippen LogP contribution in [0.5, 0.6) is 0 Å². The molecule has 0 spiro atoms. The lowest BCUT2D eigenvalue weighted by Crippen LogP contribution is -2.08. The molecule has 0 aliphatic rings. The number of nitrogens with zero attached hydrogens (tertiary/aromatic N) is 3. The lowest BCUT2D eigenvalue weighted by molar-refractivity contribution is 0.925. The van der Waals surface area contributed by atoms with Gasteiger partial charge < -0.3 is 5.32 Å². The van der Waals surface area contributed by atoms with Gasteiger partial charge in [-0.15, -0.1) is 0 Å². The Kier molecular flexibility index (Phi) is 4.47. The van der Waals surface area contributed by atoms with Gasteiger partial charge in [-0.05, 0) is 24.1 Å². The van der Waals surface area contributed by atoms with Crippen molar-refractivity contribution in [2.75, 3.05) is 11.9 Å². The summed E-state index contributed by atoms with van der Waals surface area (Å²) >= 11 is 5.93. The minimum absolute atomic E-state index is 0.480. The third kappa shape index (κ3) is 3.67. The Morgan fingerprint density at radius 2 is 2.00 bits per heavy atom. The Morgan fingerprint density at radius 1 is 1.22 bits per heavy atom. The minimum Gasteiger partial charge on any atom is -0.370 e. The van der Waals surface area contributed by atoms with Crippen LogP contribution >= 0.6 is 11.6 Å². The number of aromatic nitrogens is 3. The summed E-state index contributed by atoms with van der Waals surface area (Å²) in [5.74, 6) is 1.54. The smallest absolute Gasteiger partial charge is 0.134 e. The highest BCUT2D eigenvalue weighted by molar-refractivity contribution is 6.29. The third-order valence-electron chi connectivity index (χ3n) is 2.53. The van der Waals surface area contributed by atoms with Crippen molar-refractivity contribution in [1.82, 2.24) is 15.0 Å². The van der Waals surface area contributed by atoms with Crippen LogP contribution in [0, 0.1) is 0 Å². The van der Waals surface area contributed by atoms with Crippen molar-refractivity contribution in [3.63, 3.8) is 0 Å². The van der Waals surface area contributed by atoms with Crippen LogP contribution < -0.4 is 5.32 Å². The summed E-state index contributed by atoms with van der Waals surface area (Å²) in [6.07, 6.45) is 5.29. The summed E-state index contributed by atoms with van der Waals surface area (Å²) in [5, 5.41) is 3.73. The van der Waals surface area contributed by atoms with E-state index in [1.165, 1.54) is 5.56 Å². The number of pyridine rings is 1. The number of aryl methyl sites for hydroxylation is 1. The molecule has 0 fully saturated rings. The van der Waals surface area contributed by atoms with Crippen molar-refractivity contribution in [3.8, 4) is 0 Å². The molecule has 0 saturated heterocycles. The van der Waals surface area contributed by atoms with Gasteiger partial charge in [0.15, 0.2) is 0 Å². The first kappa shape index (κ1) is 12.8. The van der Waals surface area contributed by atoms with Crippen LogP contribution in [0.1, 0.15) is 18.3 Å². The zero-order chi connectivity index (χ0) is 12.8. The van der Waals surface area contributed by atoms with Gasteiger partial charge in [0.25, 0.3) is 0 Å². The minimum atomic E-state index is 0.480. The molecule has 5 heteroatoms. The Bertz CT molecular complexity index is 502. The van der Waals surface area contributed by atoms with E-state index in [1.54, 1.807) is 18.5 Å². The molecule has 0 saturated carbocycles. The molecule has 2 rings (SSSR count). The first-order chi connectivity index (χ1) is 8.78. The maximum Gasteiger partial charge on any atom is 0.134 e. The highest BCUT2D eigenvalue weighted by atomic mass is 35.5. The Labute approximate surface area is 111 Å². The standard InChI is InChI=1S/C13H15ClN4/c1-2-12-17-11(14)9-13(18-12)16-8-5-10-3-6-15-7-4-10/h3-4,6-7,9H,2,5,8H2,1H3,(H,16,17,18).